The number of benzene rings is 1. The van der Waals surface area contributed by atoms with Crippen molar-refractivity contribution in [1.82, 2.24) is 5.32 Å². The van der Waals surface area contributed by atoms with Crippen molar-refractivity contribution >= 4 is 21.8 Å². The van der Waals surface area contributed by atoms with Crippen LogP contribution in [0.3, 0.4) is 0 Å². The van der Waals surface area contributed by atoms with Crippen molar-refractivity contribution in [2.45, 2.75) is 32.7 Å². The van der Waals surface area contributed by atoms with Gasteiger partial charge in [0.05, 0.1) is 6.07 Å². The summed E-state index contributed by atoms with van der Waals surface area (Å²) in [4.78, 5) is 11.9. The molecule has 0 heterocycles. The lowest BCUT2D eigenvalue weighted by Crippen LogP contribution is -2.34. The summed E-state index contributed by atoms with van der Waals surface area (Å²) in [5.74, 6) is -0.185. The van der Waals surface area contributed by atoms with Crippen LogP contribution in [0.1, 0.15) is 35.7 Å². The van der Waals surface area contributed by atoms with Gasteiger partial charge in [-0.2, -0.15) is 5.26 Å². The summed E-state index contributed by atoms with van der Waals surface area (Å²) >= 11 is 3.35. The maximum atomic E-state index is 11.9. The van der Waals surface area contributed by atoms with E-state index >= 15 is 0 Å². The van der Waals surface area contributed by atoms with Crippen molar-refractivity contribution in [3.8, 4) is 6.07 Å². The third kappa shape index (κ3) is 3.86. The van der Waals surface area contributed by atoms with Gasteiger partial charge in [-0.3, -0.25) is 4.79 Å². The number of nitrogens with zero attached hydrogens (tertiary/aromatic N) is 1. The number of halogens is 1. The zero-order valence-electron chi connectivity index (χ0n) is 9.96. The first-order valence-corrected chi connectivity index (χ1v) is 6.34. The standard InChI is InChI=1S/C13H15BrN2O/c1-3-4-11(8-15)16-13(17)12-6-5-10(14)7-9(12)2/h5-7,11H,3-4H2,1-2H3,(H,16,17). The number of carbonyl (C=O) groups is 1. The second-order valence-corrected chi connectivity index (χ2v) is 4.82. The predicted molar refractivity (Wildman–Crippen MR) is 70.7 cm³/mol. The van der Waals surface area contributed by atoms with Gasteiger partial charge >= 0.3 is 0 Å². The van der Waals surface area contributed by atoms with Crippen molar-refractivity contribution < 1.29 is 4.79 Å². The second-order valence-electron chi connectivity index (χ2n) is 3.90. The fraction of sp³-hybridized carbons (Fsp3) is 0.385. The monoisotopic (exact) mass is 294 g/mol. The molecule has 0 aliphatic heterocycles. The molecule has 0 spiro atoms. The molecular weight excluding hydrogens is 280 g/mol. The Kier molecular flexibility index (Phi) is 5.17. The molecule has 0 bridgehead atoms. The summed E-state index contributed by atoms with van der Waals surface area (Å²) in [6.07, 6.45) is 1.55. The summed E-state index contributed by atoms with van der Waals surface area (Å²) in [7, 11) is 0. The number of aryl methyl sites for hydroxylation is 1. The van der Waals surface area contributed by atoms with Gasteiger partial charge in [-0.05, 0) is 37.1 Å². The fourth-order valence-corrected chi connectivity index (χ4v) is 2.05. The molecule has 1 aromatic rings. The van der Waals surface area contributed by atoms with Crippen LogP contribution in [0.5, 0.6) is 0 Å². The highest BCUT2D eigenvalue weighted by Crippen LogP contribution is 2.16. The third-order valence-electron chi connectivity index (χ3n) is 2.47. The Bertz CT molecular complexity index is 451. The fourth-order valence-electron chi connectivity index (χ4n) is 1.58. The first-order valence-electron chi connectivity index (χ1n) is 5.55. The van der Waals surface area contributed by atoms with Crippen LogP contribution in [-0.4, -0.2) is 11.9 Å². The molecule has 1 rings (SSSR count). The number of amides is 1. The van der Waals surface area contributed by atoms with Crippen molar-refractivity contribution in [2.24, 2.45) is 0 Å². The summed E-state index contributed by atoms with van der Waals surface area (Å²) in [6, 6.07) is 7.15. The summed E-state index contributed by atoms with van der Waals surface area (Å²) in [5, 5.41) is 11.6. The van der Waals surface area contributed by atoms with Crippen LogP contribution in [0, 0.1) is 18.3 Å². The molecule has 1 unspecified atom stereocenters. The molecule has 1 atom stereocenters. The van der Waals surface area contributed by atoms with Gasteiger partial charge in [0, 0.05) is 10.0 Å². The second kappa shape index (κ2) is 6.41. The lowest BCUT2D eigenvalue weighted by Gasteiger charge is -2.12. The Morgan fingerprint density at radius 2 is 2.29 bits per heavy atom. The van der Waals surface area contributed by atoms with E-state index < -0.39 is 6.04 Å². The third-order valence-corrected chi connectivity index (χ3v) is 2.96. The minimum atomic E-state index is -0.407. The maximum Gasteiger partial charge on any atom is 0.252 e. The van der Waals surface area contributed by atoms with E-state index in [0.29, 0.717) is 12.0 Å². The molecular formula is C13H15BrN2O. The smallest absolute Gasteiger partial charge is 0.252 e. The molecule has 0 saturated carbocycles. The molecule has 0 aliphatic rings. The molecule has 17 heavy (non-hydrogen) atoms. The first-order chi connectivity index (χ1) is 8.08. The lowest BCUT2D eigenvalue weighted by atomic mass is 10.1. The number of hydrogen-bond donors (Lipinski definition) is 1. The van der Waals surface area contributed by atoms with Crippen molar-refractivity contribution in [3.63, 3.8) is 0 Å². The van der Waals surface area contributed by atoms with Crippen molar-refractivity contribution in [1.29, 1.82) is 5.26 Å². The first kappa shape index (κ1) is 13.7. The highest BCUT2D eigenvalue weighted by Gasteiger charge is 2.13. The molecule has 0 fully saturated rings. The number of carbonyl (C=O) groups excluding carboxylic acids is 1. The maximum absolute atomic E-state index is 11.9. The van der Waals surface area contributed by atoms with E-state index in [1.807, 2.05) is 26.0 Å². The van der Waals surface area contributed by atoms with E-state index in [9.17, 15) is 4.79 Å². The molecule has 4 heteroatoms. The van der Waals surface area contributed by atoms with Gasteiger partial charge in [-0.15, -0.1) is 0 Å². The van der Waals surface area contributed by atoms with Crippen LogP contribution in [0.15, 0.2) is 22.7 Å². The molecule has 1 N–H and O–H groups in total. The van der Waals surface area contributed by atoms with Crippen molar-refractivity contribution in [3.05, 3.63) is 33.8 Å². The van der Waals surface area contributed by atoms with Gasteiger partial charge in [0.25, 0.3) is 5.91 Å². The molecule has 90 valence electrons. The topological polar surface area (TPSA) is 52.9 Å². The lowest BCUT2D eigenvalue weighted by molar-refractivity contribution is 0.0943. The van der Waals surface area contributed by atoms with E-state index in [0.717, 1.165) is 16.5 Å². The van der Waals surface area contributed by atoms with Gasteiger partial charge in [-0.25, -0.2) is 0 Å². The SMILES string of the molecule is CCCC(C#N)NC(=O)c1ccc(Br)cc1C. The van der Waals surface area contributed by atoms with E-state index in [1.54, 1.807) is 6.07 Å². The Morgan fingerprint density at radius 1 is 1.59 bits per heavy atom. The highest BCUT2D eigenvalue weighted by atomic mass is 79.9. The zero-order chi connectivity index (χ0) is 12.8. The van der Waals surface area contributed by atoms with Crippen LogP contribution >= 0.6 is 15.9 Å². The molecule has 0 saturated heterocycles. The van der Waals surface area contributed by atoms with Crippen molar-refractivity contribution in [2.75, 3.05) is 0 Å². The minimum Gasteiger partial charge on any atom is -0.336 e. The molecule has 1 aromatic carbocycles. The van der Waals surface area contributed by atoms with E-state index in [2.05, 4.69) is 27.3 Å². The van der Waals surface area contributed by atoms with Crippen LogP contribution in [0.2, 0.25) is 0 Å². The number of rotatable bonds is 4. The quantitative estimate of drug-likeness (QED) is 0.927. The largest absolute Gasteiger partial charge is 0.336 e. The molecule has 3 nitrogen and oxygen atoms in total. The van der Waals surface area contributed by atoms with E-state index in [4.69, 9.17) is 5.26 Å². The van der Waals surface area contributed by atoms with Crippen LogP contribution in [-0.2, 0) is 0 Å². The Hall–Kier alpha value is -1.34. The minimum absolute atomic E-state index is 0.185. The van der Waals surface area contributed by atoms with E-state index in [-0.39, 0.29) is 5.91 Å². The highest BCUT2D eigenvalue weighted by molar-refractivity contribution is 9.10. The van der Waals surface area contributed by atoms with Gasteiger partial charge < -0.3 is 5.32 Å². The predicted octanol–water partition coefficient (Wildman–Crippen LogP) is 3.18. The summed E-state index contributed by atoms with van der Waals surface area (Å²) in [6.45, 7) is 3.86. The van der Waals surface area contributed by atoms with Gasteiger partial charge in [-0.1, -0.05) is 29.3 Å². The van der Waals surface area contributed by atoms with Gasteiger partial charge in [0.15, 0.2) is 0 Å². The van der Waals surface area contributed by atoms with Gasteiger partial charge in [0.1, 0.15) is 6.04 Å². The van der Waals surface area contributed by atoms with Crippen LogP contribution in [0.4, 0.5) is 0 Å². The zero-order valence-corrected chi connectivity index (χ0v) is 11.5. The average molecular weight is 295 g/mol. The Balaban J connectivity index is 2.79. The molecule has 0 aliphatic carbocycles. The number of nitrogens with one attached hydrogen (secondary N) is 1. The van der Waals surface area contributed by atoms with Crippen LogP contribution in [0.25, 0.3) is 0 Å². The number of hydrogen-bond acceptors (Lipinski definition) is 2. The number of nitriles is 1. The van der Waals surface area contributed by atoms with E-state index in [1.165, 1.54) is 0 Å². The van der Waals surface area contributed by atoms with Crippen LogP contribution < -0.4 is 5.32 Å². The van der Waals surface area contributed by atoms with Gasteiger partial charge in [0.2, 0.25) is 0 Å². The normalized spacial score (nSPS) is 11.6. The Labute approximate surface area is 110 Å². The summed E-state index contributed by atoms with van der Waals surface area (Å²) < 4.78 is 0.942. The average Bonchev–Trinajstić information content (AvgIpc) is 2.28. The molecule has 1 amide bonds. The molecule has 0 aromatic heterocycles. The molecule has 0 radical (unpaired) electrons. The summed E-state index contributed by atoms with van der Waals surface area (Å²) in [5.41, 5.74) is 1.51. The Morgan fingerprint density at radius 3 is 2.82 bits per heavy atom.